The van der Waals surface area contributed by atoms with Gasteiger partial charge in [-0.3, -0.25) is 14.9 Å². The molecule has 0 unspecified atom stereocenters. The molecule has 9 heteroatoms. The maximum atomic E-state index is 13.4. The summed E-state index contributed by atoms with van der Waals surface area (Å²) in [4.78, 5) is 41.0. The van der Waals surface area contributed by atoms with Gasteiger partial charge in [-0.1, -0.05) is 45.7 Å². The Labute approximate surface area is 231 Å². The summed E-state index contributed by atoms with van der Waals surface area (Å²) in [6, 6.07) is 20.0. The number of imide groups is 2. The molecule has 1 aromatic heterocycles. The number of fused-ring (bicyclic) bond motifs is 1. The van der Waals surface area contributed by atoms with Gasteiger partial charge in [-0.05, 0) is 67.1 Å². The molecule has 1 N–H and O–H groups in total. The molecular weight excluding hydrogens is 574 g/mol. The first-order valence-corrected chi connectivity index (χ1v) is 13.6. The zero-order valence-electron chi connectivity index (χ0n) is 19.7. The topological polar surface area (TPSA) is 71.4 Å². The first-order valence-electron chi connectivity index (χ1n) is 11.5. The predicted octanol–water partition coefficient (Wildman–Crippen LogP) is 6.82. The Bertz CT molecular complexity index is 1580. The molecule has 4 aromatic rings. The summed E-state index contributed by atoms with van der Waals surface area (Å²) in [7, 11) is 0. The van der Waals surface area contributed by atoms with E-state index in [1.807, 2.05) is 60.8 Å². The van der Waals surface area contributed by atoms with E-state index >= 15 is 0 Å². The van der Waals surface area contributed by atoms with Crippen LogP contribution in [0.4, 0.5) is 10.5 Å². The second kappa shape index (κ2) is 10.6. The van der Waals surface area contributed by atoms with Crippen LogP contribution in [0.3, 0.4) is 0 Å². The van der Waals surface area contributed by atoms with Crippen LogP contribution in [0, 0.1) is 6.92 Å². The maximum absolute atomic E-state index is 13.4. The number of aryl methyl sites for hydroxylation is 2. The number of nitrogens with one attached hydrogen (secondary N) is 1. The molecule has 0 bridgehead atoms. The van der Waals surface area contributed by atoms with Crippen molar-refractivity contribution in [3.63, 3.8) is 0 Å². The molecule has 4 amide bonds. The third kappa shape index (κ3) is 5.23. The molecule has 1 aliphatic rings. The van der Waals surface area contributed by atoms with Crippen LogP contribution in [0.25, 0.3) is 17.0 Å². The number of hydrogen-bond acceptors (Lipinski definition) is 4. The molecule has 2 heterocycles. The number of benzene rings is 3. The number of para-hydroxylation sites is 1. The van der Waals surface area contributed by atoms with Crippen LogP contribution in [-0.4, -0.2) is 28.2 Å². The van der Waals surface area contributed by atoms with Crippen molar-refractivity contribution in [2.75, 3.05) is 10.7 Å². The van der Waals surface area contributed by atoms with E-state index in [4.69, 9.17) is 11.6 Å². The molecule has 0 atom stereocenters. The highest BCUT2D eigenvalue weighted by molar-refractivity contribution is 9.10. The first-order chi connectivity index (χ1) is 17.8. The highest BCUT2D eigenvalue weighted by atomic mass is 79.9. The molecular formula is C28H21BrClN3O3S. The number of anilines is 1. The number of amides is 4. The average Bonchev–Trinajstić information content (AvgIpc) is 3.21. The molecule has 1 saturated heterocycles. The van der Waals surface area contributed by atoms with Gasteiger partial charge in [0.2, 0.25) is 0 Å². The fourth-order valence-corrected chi connectivity index (χ4v) is 5.72. The lowest BCUT2D eigenvalue weighted by Crippen LogP contribution is -2.54. The summed E-state index contributed by atoms with van der Waals surface area (Å²) in [5.41, 5.74) is 2.77. The molecule has 1 fully saturated rings. The number of urea groups is 1. The Kier molecular flexibility index (Phi) is 7.24. The van der Waals surface area contributed by atoms with Crippen molar-refractivity contribution in [2.45, 2.75) is 18.4 Å². The number of thioether (sulfide) groups is 1. The van der Waals surface area contributed by atoms with Crippen molar-refractivity contribution in [1.82, 2.24) is 9.88 Å². The lowest BCUT2D eigenvalue weighted by atomic mass is 10.1. The number of halogens is 2. The van der Waals surface area contributed by atoms with Crippen LogP contribution in [-0.2, 0) is 16.1 Å². The summed E-state index contributed by atoms with van der Waals surface area (Å²) in [6.07, 6.45) is 3.50. The second-order valence-corrected chi connectivity index (χ2v) is 11.0. The minimum absolute atomic E-state index is 0.0969. The standard InChI is InChI=1S/C28H21BrClN3O3S/c1-17-14-19(29)6-11-24(17)33-27(35)23(26(34)31-28(33)36)15-18-16-32(25-5-3-2-4-22(18)25)12-13-37-21-9-7-20(30)8-10-21/h2-11,14-16H,12-13H2,1H3,(H,31,34,36)/b23-15+. The number of aromatic nitrogens is 1. The van der Waals surface area contributed by atoms with E-state index in [-0.39, 0.29) is 5.57 Å². The summed E-state index contributed by atoms with van der Waals surface area (Å²) in [6.45, 7) is 2.52. The molecule has 37 heavy (non-hydrogen) atoms. The smallest absolute Gasteiger partial charge is 0.335 e. The minimum atomic E-state index is -0.765. The Hall–Kier alpha value is -3.33. The number of hydrogen-bond donors (Lipinski definition) is 1. The lowest BCUT2D eigenvalue weighted by Gasteiger charge is -2.27. The molecule has 5 rings (SSSR count). The van der Waals surface area contributed by atoms with Gasteiger partial charge in [-0.2, -0.15) is 0 Å². The van der Waals surface area contributed by atoms with Crippen molar-refractivity contribution in [3.05, 3.63) is 99.1 Å². The molecule has 0 radical (unpaired) electrons. The third-order valence-electron chi connectivity index (χ3n) is 6.04. The highest BCUT2D eigenvalue weighted by Gasteiger charge is 2.37. The monoisotopic (exact) mass is 593 g/mol. The third-order valence-corrected chi connectivity index (χ3v) is 7.77. The Morgan fingerprint density at radius 3 is 2.54 bits per heavy atom. The number of rotatable bonds is 6. The van der Waals surface area contributed by atoms with E-state index < -0.39 is 17.8 Å². The number of carbonyl (C=O) groups excluding carboxylic acids is 3. The van der Waals surface area contributed by atoms with Crippen molar-refractivity contribution < 1.29 is 14.4 Å². The van der Waals surface area contributed by atoms with E-state index in [1.165, 1.54) is 0 Å². The largest absolute Gasteiger partial charge is 0.346 e. The Morgan fingerprint density at radius 2 is 1.78 bits per heavy atom. The van der Waals surface area contributed by atoms with E-state index in [9.17, 15) is 14.4 Å². The van der Waals surface area contributed by atoms with Crippen LogP contribution in [0.1, 0.15) is 11.1 Å². The van der Waals surface area contributed by atoms with E-state index in [2.05, 4.69) is 25.8 Å². The van der Waals surface area contributed by atoms with Crippen LogP contribution in [0.15, 0.2) is 87.9 Å². The average molecular weight is 595 g/mol. The molecule has 186 valence electrons. The van der Waals surface area contributed by atoms with Crippen LogP contribution in [0.2, 0.25) is 5.02 Å². The van der Waals surface area contributed by atoms with Gasteiger partial charge in [0.25, 0.3) is 11.8 Å². The van der Waals surface area contributed by atoms with Gasteiger partial charge >= 0.3 is 6.03 Å². The lowest BCUT2D eigenvalue weighted by molar-refractivity contribution is -0.122. The molecule has 0 aliphatic carbocycles. The quantitative estimate of drug-likeness (QED) is 0.151. The number of nitrogens with zero attached hydrogens (tertiary/aromatic N) is 2. The van der Waals surface area contributed by atoms with Gasteiger partial charge in [-0.25, -0.2) is 9.69 Å². The summed E-state index contributed by atoms with van der Waals surface area (Å²) in [5, 5.41) is 3.93. The van der Waals surface area contributed by atoms with E-state index in [0.717, 1.165) is 48.6 Å². The number of barbiturate groups is 1. The maximum Gasteiger partial charge on any atom is 0.335 e. The van der Waals surface area contributed by atoms with Crippen molar-refractivity contribution in [1.29, 1.82) is 0 Å². The van der Waals surface area contributed by atoms with Crippen molar-refractivity contribution in [2.24, 2.45) is 0 Å². The van der Waals surface area contributed by atoms with E-state index in [1.54, 1.807) is 36.9 Å². The fraction of sp³-hybridized carbons (Fsp3) is 0.107. The summed E-state index contributed by atoms with van der Waals surface area (Å²) in [5.74, 6) is -0.550. The molecule has 1 aliphatic heterocycles. The molecule has 0 saturated carbocycles. The highest BCUT2D eigenvalue weighted by Crippen LogP contribution is 2.30. The summed E-state index contributed by atoms with van der Waals surface area (Å²) >= 11 is 11.1. The van der Waals surface area contributed by atoms with E-state index in [0.29, 0.717) is 10.7 Å². The van der Waals surface area contributed by atoms with Crippen molar-refractivity contribution in [3.8, 4) is 0 Å². The predicted molar refractivity (Wildman–Crippen MR) is 152 cm³/mol. The van der Waals surface area contributed by atoms with Crippen molar-refractivity contribution >= 4 is 79.8 Å². The Balaban J connectivity index is 1.46. The van der Waals surface area contributed by atoms with Crippen LogP contribution in [0.5, 0.6) is 0 Å². The molecule has 0 spiro atoms. The summed E-state index contributed by atoms with van der Waals surface area (Å²) < 4.78 is 2.94. The second-order valence-electron chi connectivity index (χ2n) is 8.49. The Morgan fingerprint density at radius 1 is 1.03 bits per heavy atom. The van der Waals surface area contributed by atoms with Crippen LogP contribution >= 0.6 is 39.3 Å². The first kappa shape index (κ1) is 25.3. The number of carbonyl (C=O) groups is 3. The van der Waals surface area contributed by atoms with Gasteiger partial charge in [0.15, 0.2) is 0 Å². The zero-order valence-corrected chi connectivity index (χ0v) is 22.9. The zero-order chi connectivity index (χ0) is 26.1. The normalized spacial score (nSPS) is 15.1. The van der Waals surface area contributed by atoms with Gasteiger partial charge in [0, 0.05) is 49.4 Å². The van der Waals surface area contributed by atoms with Gasteiger partial charge in [0.1, 0.15) is 5.57 Å². The van der Waals surface area contributed by atoms with Crippen LogP contribution < -0.4 is 10.2 Å². The molecule has 3 aromatic carbocycles. The van der Waals surface area contributed by atoms with Gasteiger partial charge < -0.3 is 4.57 Å². The SMILES string of the molecule is Cc1cc(Br)ccc1N1C(=O)NC(=O)/C(=C\c2cn(CCSc3ccc(Cl)cc3)c3ccccc23)C1=O. The molecule has 6 nitrogen and oxygen atoms in total. The van der Waals surface area contributed by atoms with Gasteiger partial charge in [-0.15, -0.1) is 11.8 Å². The fourth-order valence-electron chi connectivity index (χ4n) is 4.27. The van der Waals surface area contributed by atoms with Gasteiger partial charge in [0.05, 0.1) is 5.69 Å². The minimum Gasteiger partial charge on any atom is -0.346 e.